The molecule has 10 heavy (non-hydrogen) atoms. The van der Waals surface area contributed by atoms with Crippen LogP contribution in [-0.4, -0.2) is 17.1 Å². The zero-order valence-corrected chi connectivity index (χ0v) is 6.29. The molecule has 0 bridgehead atoms. The molecule has 0 radical (unpaired) electrons. The third kappa shape index (κ3) is 2.19. The van der Waals surface area contributed by atoms with Crippen molar-refractivity contribution in [2.75, 3.05) is 0 Å². The van der Waals surface area contributed by atoms with Crippen LogP contribution in [0.2, 0.25) is 0 Å². The van der Waals surface area contributed by atoms with Crippen molar-refractivity contribution in [1.82, 2.24) is 0 Å². The highest BCUT2D eigenvalue weighted by Crippen LogP contribution is 2.04. The summed E-state index contributed by atoms with van der Waals surface area (Å²) < 4.78 is 0. The summed E-state index contributed by atoms with van der Waals surface area (Å²) in [4.78, 5) is 10.3. The Morgan fingerprint density at radius 1 is 1.80 bits per heavy atom. The zero-order valence-electron chi connectivity index (χ0n) is 6.29. The van der Waals surface area contributed by atoms with Crippen molar-refractivity contribution in [3.05, 3.63) is 11.6 Å². The van der Waals surface area contributed by atoms with Crippen LogP contribution in [0.25, 0.3) is 0 Å². The van der Waals surface area contributed by atoms with E-state index in [1.54, 1.807) is 13.0 Å². The van der Waals surface area contributed by atoms with Crippen molar-refractivity contribution in [3.8, 4) is 0 Å². The summed E-state index contributed by atoms with van der Waals surface area (Å²) in [6.07, 6.45) is 2.45. The molecule has 1 unspecified atom stereocenters. The molecule has 3 N–H and O–H groups in total. The Labute approximate surface area is 60.5 Å². The van der Waals surface area contributed by atoms with Crippen LogP contribution >= 0.6 is 0 Å². The fourth-order valence-electron chi connectivity index (χ4n) is 0.762. The second kappa shape index (κ2) is 4.06. The van der Waals surface area contributed by atoms with Gasteiger partial charge in [0.25, 0.3) is 0 Å². The van der Waals surface area contributed by atoms with Crippen molar-refractivity contribution < 1.29 is 9.90 Å². The van der Waals surface area contributed by atoms with Crippen molar-refractivity contribution in [1.29, 1.82) is 0 Å². The van der Waals surface area contributed by atoms with Crippen LogP contribution in [0.5, 0.6) is 0 Å². The monoisotopic (exact) mass is 143 g/mol. The molecule has 0 saturated heterocycles. The maximum Gasteiger partial charge on any atom is 0.324 e. The largest absolute Gasteiger partial charge is 0.480 e. The van der Waals surface area contributed by atoms with Crippen molar-refractivity contribution in [3.63, 3.8) is 0 Å². The number of hydrogen-bond donors (Lipinski definition) is 2. The Morgan fingerprint density at radius 2 is 2.30 bits per heavy atom. The molecule has 58 valence electrons. The fourth-order valence-corrected chi connectivity index (χ4v) is 0.762. The summed E-state index contributed by atoms with van der Waals surface area (Å²) in [6.45, 7) is 3.68. The molecule has 0 fully saturated rings. The molecule has 0 spiro atoms. The maximum atomic E-state index is 10.3. The average molecular weight is 143 g/mol. The lowest BCUT2D eigenvalue weighted by Crippen LogP contribution is -2.31. The summed E-state index contributed by atoms with van der Waals surface area (Å²) in [7, 11) is 0. The lowest BCUT2D eigenvalue weighted by molar-refractivity contribution is -0.137. The van der Waals surface area contributed by atoms with E-state index >= 15 is 0 Å². The number of carbonyl (C=O) groups is 1. The van der Waals surface area contributed by atoms with Gasteiger partial charge in [-0.3, -0.25) is 4.79 Å². The van der Waals surface area contributed by atoms with E-state index in [9.17, 15) is 4.79 Å². The van der Waals surface area contributed by atoms with Gasteiger partial charge in [-0.1, -0.05) is 13.0 Å². The Kier molecular flexibility index (Phi) is 3.72. The standard InChI is InChI=1S/C7H13NO2/c1-3-5(4-2)6(8)7(9)10/h3,6H,4,8H2,1-2H3,(H,9,10). The van der Waals surface area contributed by atoms with E-state index in [0.717, 1.165) is 5.57 Å². The molecular formula is C7H13NO2. The molecule has 3 heteroatoms. The van der Waals surface area contributed by atoms with Gasteiger partial charge < -0.3 is 10.8 Å². The molecule has 0 aromatic carbocycles. The van der Waals surface area contributed by atoms with E-state index in [1.807, 2.05) is 6.92 Å². The minimum absolute atomic E-state index is 0.698. The molecule has 0 aromatic rings. The van der Waals surface area contributed by atoms with E-state index in [2.05, 4.69) is 0 Å². The highest BCUT2D eigenvalue weighted by atomic mass is 16.4. The smallest absolute Gasteiger partial charge is 0.324 e. The summed E-state index contributed by atoms with van der Waals surface area (Å²) >= 11 is 0. The molecule has 0 heterocycles. The Morgan fingerprint density at radius 3 is 2.40 bits per heavy atom. The van der Waals surface area contributed by atoms with E-state index in [1.165, 1.54) is 0 Å². The molecule has 0 rings (SSSR count). The van der Waals surface area contributed by atoms with Crippen LogP contribution in [0.4, 0.5) is 0 Å². The highest BCUT2D eigenvalue weighted by molar-refractivity contribution is 5.76. The number of carboxylic acids is 1. The first-order chi connectivity index (χ1) is 4.63. The summed E-state index contributed by atoms with van der Waals surface area (Å²) in [5, 5.41) is 8.45. The number of rotatable bonds is 3. The molecule has 0 aliphatic heterocycles. The molecule has 0 saturated carbocycles. The van der Waals surface area contributed by atoms with Crippen LogP contribution in [-0.2, 0) is 4.79 Å². The number of hydrogen-bond acceptors (Lipinski definition) is 2. The number of aliphatic carboxylic acids is 1. The summed E-state index contributed by atoms with van der Waals surface area (Å²) in [5.41, 5.74) is 6.08. The molecule has 1 atom stereocenters. The Bertz CT molecular complexity index is 152. The predicted octanol–water partition coefficient (Wildman–Crippen LogP) is 0.755. The first-order valence-corrected chi connectivity index (χ1v) is 3.27. The third-order valence-corrected chi connectivity index (χ3v) is 1.44. The molecule has 0 amide bonds. The quantitative estimate of drug-likeness (QED) is 0.573. The SMILES string of the molecule is CC=C(CC)C(N)C(=O)O. The number of allylic oxidation sites excluding steroid dienone is 1. The van der Waals surface area contributed by atoms with Crippen molar-refractivity contribution >= 4 is 5.97 Å². The van der Waals surface area contributed by atoms with Gasteiger partial charge in [0.2, 0.25) is 0 Å². The van der Waals surface area contributed by atoms with Crippen molar-refractivity contribution in [2.45, 2.75) is 26.3 Å². The third-order valence-electron chi connectivity index (χ3n) is 1.44. The highest BCUT2D eigenvalue weighted by Gasteiger charge is 2.13. The van der Waals surface area contributed by atoms with E-state index in [0.29, 0.717) is 6.42 Å². The van der Waals surface area contributed by atoms with Gasteiger partial charge in [0.1, 0.15) is 6.04 Å². The van der Waals surface area contributed by atoms with Crippen LogP contribution < -0.4 is 5.73 Å². The topological polar surface area (TPSA) is 63.3 Å². The van der Waals surface area contributed by atoms with Gasteiger partial charge >= 0.3 is 5.97 Å². The molecule has 0 aliphatic rings. The van der Waals surface area contributed by atoms with Gasteiger partial charge in [0.15, 0.2) is 0 Å². The second-order valence-electron chi connectivity index (χ2n) is 2.03. The van der Waals surface area contributed by atoms with Gasteiger partial charge in [0, 0.05) is 0 Å². The first-order valence-electron chi connectivity index (χ1n) is 3.27. The van der Waals surface area contributed by atoms with Gasteiger partial charge in [-0.25, -0.2) is 0 Å². The first kappa shape index (κ1) is 9.17. The van der Waals surface area contributed by atoms with Crippen LogP contribution in [0.3, 0.4) is 0 Å². The molecule has 0 aliphatic carbocycles. The average Bonchev–Trinajstić information content (AvgIpc) is 1.90. The minimum atomic E-state index is -0.963. The minimum Gasteiger partial charge on any atom is -0.480 e. The summed E-state index contributed by atoms with van der Waals surface area (Å²) in [6, 6.07) is -0.824. The Hall–Kier alpha value is -0.830. The molecule has 3 nitrogen and oxygen atoms in total. The van der Waals surface area contributed by atoms with Crippen LogP contribution in [0, 0.1) is 0 Å². The normalized spacial score (nSPS) is 14.9. The molecule has 0 aromatic heterocycles. The Balaban J connectivity index is 4.17. The predicted molar refractivity (Wildman–Crippen MR) is 39.7 cm³/mol. The van der Waals surface area contributed by atoms with Gasteiger partial charge in [0.05, 0.1) is 0 Å². The van der Waals surface area contributed by atoms with Gasteiger partial charge in [-0.15, -0.1) is 0 Å². The van der Waals surface area contributed by atoms with Gasteiger partial charge in [-0.05, 0) is 18.9 Å². The van der Waals surface area contributed by atoms with Crippen LogP contribution in [0.1, 0.15) is 20.3 Å². The maximum absolute atomic E-state index is 10.3. The zero-order chi connectivity index (χ0) is 8.15. The van der Waals surface area contributed by atoms with E-state index in [4.69, 9.17) is 10.8 Å². The number of carboxylic acid groups (broad SMARTS) is 1. The fraction of sp³-hybridized carbons (Fsp3) is 0.571. The van der Waals surface area contributed by atoms with E-state index in [-0.39, 0.29) is 0 Å². The van der Waals surface area contributed by atoms with E-state index < -0.39 is 12.0 Å². The van der Waals surface area contributed by atoms with Crippen molar-refractivity contribution in [2.24, 2.45) is 5.73 Å². The van der Waals surface area contributed by atoms with Gasteiger partial charge in [-0.2, -0.15) is 0 Å². The lowest BCUT2D eigenvalue weighted by atomic mass is 10.1. The second-order valence-corrected chi connectivity index (χ2v) is 2.03. The molecular weight excluding hydrogens is 130 g/mol. The summed E-state index contributed by atoms with van der Waals surface area (Å²) in [5.74, 6) is -0.963. The number of nitrogens with two attached hydrogens (primary N) is 1. The lowest BCUT2D eigenvalue weighted by Gasteiger charge is -2.07. The van der Waals surface area contributed by atoms with Crippen LogP contribution in [0.15, 0.2) is 11.6 Å².